The molecule has 1 aliphatic rings. The van der Waals surface area contributed by atoms with Gasteiger partial charge in [-0.25, -0.2) is 0 Å². The van der Waals surface area contributed by atoms with E-state index in [2.05, 4.69) is 18.3 Å². The Morgan fingerprint density at radius 2 is 2.33 bits per heavy atom. The van der Waals surface area contributed by atoms with Gasteiger partial charge in [-0.05, 0) is 44.4 Å². The van der Waals surface area contributed by atoms with E-state index in [9.17, 15) is 0 Å². The zero-order valence-corrected chi connectivity index (χ0v) is 9.51. The highest BCUT2D eigenvalue weighted by molar-refractivity contribution is 5.19. The monoisotopic (exact) mass is 209 g/mol. The first-order valence-corrected chi connectivity index (χ1v) is 5.60. The Labute approximate surface area is 90.8 Å². The van der Waals surface area contributed by atoms with Crippen molar-refractivity contribution in [1.29, 1.82) is 0 Å². The molecule has 0 amide bonds. The van der Waals surface area contributed by atoms with Gasteiger partial charge in [0.05, 0.1) is 6.54 Å². The topological polar surface area (TPSA) is 34.4 Å². The fourth-order valence-electron chi connectivity index (χ4n) is 1.61. The molecule has 1 N–H and O–H groups in total. The third kappa shape index (κ3) is 3.08. The molecule has 15 heavy (non-hydrogen) atoms. The standard InChI is InChI=1S/C12H19NO2/c1-9-5-11(15-12(9)6-13-2)8-14-7-10-3-4-10/h5,10,13H,3-4,6-8H2,1-2H3. The van der Waals surface area contributed by atoms with E-state index in [1.807, 2.05) is 7.05 Å². The number of hydrogen-bond donors (Lipinski definition) is 1. The van der Waals surface area contributed by atoms with Crippen molar-refractivity contribution >= 4 is 0 Å². The zero-order valence-electron chi connectivity index (χ0n) is 9.51. The second-order valence-electron chi connectivity index (χ2n) is 4.31. The van der Waals surface area contributed by atoms with Crippen LogP contribution >= 0.6 is 0 Å². The largest absolute Gasteiger partial charge is 0.462 e. The Balaban J connectivity index is 1.81. The molecule has 3 heteroatoms. The van der Waals surface area contributed by atoms with Crippen LogP contribution in [-0.2, 0) is 17.9 Å². The van der Waals surface area contributed by atoms with E-state index in [-0.39, 0.29) is 0 Å². The van der Waals surface area contributed by atoms with Crippen LogP contribution < -0.4 is 5.32 Å². The Kier molecular flexibility index (Phi) is 3.44. The highest BCUT2D eigenvalue weighted by Crippen LogP contribution is 2.29. The van der Waals surface area contributed by atoms with Crippen molar-refractivity contribution in [2.75, 3.05) is 13.7 Å². The summed E-state index contributed by atoms with van der Waals surface area (Å²) in [6, 6.07) is 2.07. The third-order valence-electron chi connectivity index (χ3n) is 2.70. The summed E-state index contributed by atoms with van der Waals surface area (Å²) in [4.78, 5) is 0. The summed E-state index contributed by atoms with van der Waals surface area (Å²) in [5, 5.41) is 3.09. The molecule has 0 unspecified atom stereocenters. The van der Waals surface area contributed by atoms with Crippen LogP contribution in [-0.4, -0.2) is 13.7 Å². The van der Waals surface area contributed by atoms with E-state index in [4.69, 9.17) is 9.15 Å². The lowest BCUT2D eigenvalue weighted by molar-refractivity contribution is 0.0963. The van der Waals surface area contributed by atoms with E-state index in [0.717, 1.165) is 30.6 Å². The summed E-state index contributed by atoms with van der Waals surface area (Å²) in [5.41, 5.74) is 1.20. The van der Waals surface area contributed by atoms with Gasteiger partial charge in [0.25, 0.3) is 0 Å². The molecule has 0 aliphatic heterocycles. The van der Waals surface area contributed by atoms with Gasteiger partial charge in [-0.3, -0.25) is 0 Å². The maximum absolute atomic E-state index is 5.67. The number of ether oxygens (including phenoxy) is 1. The predicted octanol–water partition coefficient (Wildman–Crippen LogP) is 2.23. The van der Waals surface area contributed by atoms with Crippen LogP contribution in [0.2, 0.25) is 0 Å². The lowest BCUT2D eigenvalue weighted by Crippen LogP contribution is -2.04. The van der Waals surface area contributed by atoms with Crippen LogP contribution in [0.4, 0.5) is 0 Å². The maximum atomic E-state index is 5.67. The summed E-state index contributed by atoms with van der Waals surface area (Å²) >= 11 is 0. The van der Waals surface area contributed by atoms with E-state index in [1.165, 1.54) is 18.4 Å². The van der Waals surface area contributed by atoms with E-state index in [1.54, 1.807) is 0 Å². The molecule has 84 valence electrons. The minimum Gasteiger partial charge on any atom is -0.462 e. The molecule has 1 saturated carbocycles. The van der Waals surface area contributed by atoms with Gasteiger partial charge >= 0.3 is 0 Å². The highest BCUT2D eigenvalue weighted by Gasteiger charge is 2.21. The molecule has 1 fully saturated rings. The first kappa shape index (κ1) is 10.7. The summed E-state index contributed by atoms with van der Waals surface area (Å²) in [7, 11) is 1.92. The lowest BCUT2D eigenvalue weighted by Gasteiger charge is -1.99. The van der Waals surface area contributed by atoms with Gasteiger partial charge in [-0.15, -0.1) is 0 Å². The molecular weight excluding hydrogens is 190 g/mol. The summed E-state index contributed by atoms with van der Waals surface area (Å²) in [6.07, 6.45) is 2.67. The maximum Gasteiger partial charge on any atom is 0.130 e. The zero-order chi connectivity index (χ0) is 10.7. The fraction of sp³-hybridized carbons (Fsp3) is 0.667. The minimum atomic E-state index is 0.612. The molecule has 1 aliphatic carbocycles. The second-order valence-corrected chi connectivity index (χ2v) is 4.31. The molecule has 0 atom stereocenters. The summed E-state index contributed by atoms with van der Waals surface area (Å²) in [6.45, 7) is 4.36. The molecule has 0 spiro atoms. The van der Waals surface area contributed by atoms with Crippen molar-refractivity contribution in [1.82, 2.24) is 5.32 Å². The van der Waals surface area contributed by atoms with Gasteiger partial charge in [-0.1, -0.05) is 0 Å². The summed E-state index contributed by atoms with van der Waals surface area (Å²) in [5.74, 6) is 2.78. The Hall–Kier alpha value is -0.800. The average Bonchev–Trinajstić information content (AvgIpc) is 2.95. The fourth-order valence-corrected chi connectivity index (χ4v) is 1.61. The summed E-state index contributed by atoms with van der Waals surface area (Å²) < 4.78 is 11.2. The van der Waals surface area contributed by atoms with Crippen LogP contribution in [0.3, 0.4) is 0 Å². The van der Waals surface area contributed by atoms with Crippen LogP contribution in [0.15, 0.2) is 10.5 Å². The number of aryl methyl sites for hydroxylation is 1. The average molecular weight is 209 g/mol. The minimum absolute atomic E-state index is 0.612. The Morgan fingerprint density at radius 1 is 1.53 bits per heavy atom. The van der Waals surface area contributed by atoms with Gasteiger partial charge in [0.15, 0.2) is 0 Å². The van der Waals surface area contributed by atoms with Gasteiger partial charge < -0.3 is 14.5 Å². The molecule has 0 bridgehead atoms. The lowest BCUT2D eigenvalue weighted by atomic mass is 10.2. The molecule has 1 heterocycles. The van der Waals surface area contributed by atoms with Gasteiger partial charge in [0.1, 0.15) is 18.1 Å². The van der Waals surface area contributed by atoms with Gasteiger partial charge in [0, 0.05) is 6.61 Å². The van der Waals surface area contributed by atoms with Crippen molar-refractivity contribution in [3.05, 3.63) is 23.2 Å². The normalized spacial score (nSPS) is 15.9. The number of rotatable bonds is 6. The van der Waals surface area contributed by atoms with Crippen LogP contribution in [0, 0.1) is 12.8 Å². The molecule has 0 saturated heterocycles. The quantitative estimate of drug-likeness (QED) is 0.780. The highest BCUT2D eigenvalue weighted by atomic mass is 16.5. The Morgan fingerprint density at radius 3 is 3.00 bits per heavy atom. The molecular formula is C12H19NO2. The predicted molar refractivity (Wildman–Crippen MR) is 58.6 cm³/mol. The first-order chi connectivity index (χ1) is 7.29. The van der Waals surface area contributed by atoms with Crippen LogP contribution in [0.1, 0.15) is 29.9 Å². The van der Waals surface area contributed by atoms with E-state index >= 15 is 0 Å². The molecule has 3 nitrogen and oxygen atoms in total. The molecule has 2 rings (SSSR count). The number of hydrogen-bond acceptors (Lipinski definition) is 3. The SMILES string of the molecule is CNCc1oc(COCC2CC2)cc1C. The van der Waals surface area contributed by atoms with Crippen molar-refractivity contribution in [3.8, 4) is 0 Å². The number of nitrogens with one attached hydrogen (secondary N) is 1. The van der Waals surface area contributed by atoms with E-state index in [0.29, 0.717) is 6.61 Å². The molecule has 0 aromatic carbocycles. The van der Waals surface area contributed by atoms with Gasteiger partial charge in [-0.2, -0.15) is 0 Å². The molecule has 1 aromatic heterocycles. The van der Waals surface area contributed by atoms with E-state index < -0.39 is 0 Å². The Bertz CT molecular complexity index is 315. The molecule has 0 radical (unpaired) electrons. The van der Waals surface area contributed by atoms with Crippen molar-refractivity contribution < 1.29 is 9.15 Å². The third-order valence-corrected chi connectivity index (χ3v) is 2.70. The van der Waals surface area contributed by atoms with Crippen LogP contribution in [0.5, 0.6) is 0 Å². The van der Waals surface area contributed by atoms with Gasteiger partial charge in [0.2, 0.25) is 0 Å². The molecule has 1 aromatic rings. The van der Waals surface area contributed by atoms with Crippen molar-refractivity contribution in [2.24, 2.45) is 5.92 Å². The van der Waals surface area contributed by atoms with Crippen molar-refractivity contribution in [3.63, 3.8) is 0 Å². The first-order valence-electron chi connectivity index (χ1n) is 5.60. The van der Waals surface area contributed by atoms with Crippen LogP contribution in [0.25, 0.3) is 0 Å². The second kappa shape index (κ2) is 4.81. The number of furan rings is 1. The van der Waals surface area contributed by atoms with Crippen molar-refractivity contribution in [2.45, 2.75) is 32.9 Å². The smallest absolute Gasteiger partial charge is 0.130 e.